The molecule has 2 saturated heterocycles. The van der Waals surface area contributed by atoms with E-state index in [1.54, 1.807) is 24.3 Å². The Labute approximate surface area is 269 Å². The molecule has 0 aromatic carbocycles. The number of unbranched alkanes of at least 4 members (excludes halogenated alkanes) is 2. The molecule has 0 aromatic rings. The molecule has 13 heteroatoms. The molecule has 13 nitrogen and oxygen atoms in total. The van der Waals surface area contributed by atoms with E-state index in [1.165, 1.54) is 53.4 Å². The Morgan fingerprint density at radius 3 is 1.04 bits per heavy atom. The fourth-order valence-corrected chi connectivity index (χ4v) is 2.35. The van der Waals surface area contributed by atoms with Crippen LogP contribution in [0.25, 0.3) is 0 Å². The monoisotopic (exact) mass is 652 g/mol. The van der Waals surface area contributed by atoms with E-state index in [1.807, 2.05) is 0 Å². The van der Waals surface area contributed by atoms with Crippen LogP contribution in [0.15, 0.2) is 37.5 Å². The number of allylic oxidation sites excluding steroid dienone is 2. The van der Waals surface area contributed by atoms with Gasteiger partial charge < -0.3 is 44.1 Å². The maximum atomic E-state index is 10.3. The van der Waals surface area contributed by atoms with Crippen molar-refractivity contribution >= 4 is 23.9 Å². The first-order chi connectivity index (χ1) is 21.1. The van der Waals surface area contributed by atoms with Gasteiger partial charge in [-0.1, -0.05) is 25.3 Å². The van der Waals surface area contributed by atoms with Crippen LogP contribution in [0.3, 0.4) is 0 Å². The van der Waals surface area contributed by atoms with Crippen LogP contribution in [0.2, 0.25) is 0 Å². The van der Waals surface area contributed by atoms with Gasteiger partial charge in [0, 0.05) is 67.3 Å². The molecular formula is C32H60O13. The number of rotatable bonds is 13. The number of hydrogen-bond acceptors (Lipinski definition) is 12. The first kappa shape index (κ1) is 51.5. The van der Waals surface area contributed by atoms with E-state index in [0.717, 1.165) is 52.1 Å². The van der Waals surface area contributed by atoms with Gasteiger partial charge in [-0.25, -0.2) is 0 Å². The first-order valence-electron chi connectivity index (χ1n) is 14.9. The molecule has 2 rings (SSSR count). The number of aliphatic hydroxyl groups is 2. The molecule has 2 aliphatic rings. The lowest BCUT2D eigenvalue weighted by molar-refractivity contribution is -0.143. The summed E-state index contributed by atoms with van der Waals surface area (Å²) in [6.45, 7) is 17.7. The molecule has 0 spiro atoms. The zero-order valence-corrected chi connectivity index (χ0v) is 27.9. The molecule has 0 atom stereocenters. The zero-order chi connectivity index (χ0) is 34.1. The van der Waals surface area contributed by atoms with Crippen LogP contribution >= 0.6 is 0 Å². The van der Waals surface area contributed by atoms with Gasteiger partial charge in [-0.2, -0.15) is 0 Å². The standard InChI is InChI=1S/C8H14O4.C8H12O4.C4H10O2.2C4H8O.C4H6.H2O/c2*1-7(9)11-5-3-4-6-12-8(2)10;5-3-1-2-4-6;2*1-2-4-5-3-1;1-3-4-2;/h3-6H2,1-2H3;3-4H,5-6H2,1-2H3;5-6H,1-4H2;2*1-4H2;3-4H,1-2H2;1H2/b;4-3+;;;;;. The summed E-state index contributed by atoms with van der Waals surface area (Å²) in [7, 11) is 0. The smallest absolute Gasteiger partial charge is 0.302 e. The summed E-state index contributed by atoms with van der Waals surface area (Å²) in [6.07, 6.45) is 14.5. The third kappa shape index (κ3) is 74.1. The average molecular weight is 653 g/mol. The first-order valence-corrected chi connectivity index (χ1v) is 14.9. The molecule has 2 aliphatic heterocycles. The SMILES string of the molecule is C1CCOC1.C1CCOC1.C=CC=C.CC(=O)OC/C=C/COC(C)=O.CC(=O)OCCCCOC(C)=O.O.OCCCCO. The van der Waals surface area contributed by atoms with Crippen molar-refractivity contribution in [3.63, 3.8) is 0 Å². The lowest BCUT2D eigenvalue weighted by Crippen LogP contribution is -2.04. The largest absolute Gasteiger partial charge is 0.466 e. The van der Waals surface area contributed by atoms with E-state index in [2.05, 4.69) is 32.1 Å². The zero-order valence-electron chi connectivity index (χ0n) is 27.9. The van der Waals surface area contributed by atoms with Crippen LogP contribution in [0, 0.1) is 0 Å². The van der Waals surface area contributed by atoms with Crippen molar-refractivity contribution in [2.45, 2.75) is 79.1 Å². The van der Waals surface area contributed by atoms with Gasteiger partial charge in [0.05, 0.1) is 13.2 Å². The molecule has 0 amide bonds. The van der Waals surface area contributed by atoms with Gasteiger partial charge in [-0.15, -0.1) is 0 Å². The summed E-state index contributed by atoms with van der Waals surface area (Å²) in [5.74, 6) is -1.20. The molecule has 2 fully saturated rings. The molecule has 0 aliphatic carbocycles. The number of carbonyl (C=O) groups is 4. The van der Waals surface area contributed by atoms with Crippen LogP contribution in [0.4, 0.5) is 0 Å². The predicted octanol–water partition coefficient (Wildman–Crippen LogP) is 3.44. The highest BCUT2D eigenvalue weighted by atomic mass is 16.5. The highest BCUT2D eigenvalue weighted by Gasteiger charge is 1.96. The second-order valence-corrected chi connectivity index (χ2v) is 8.73. The van der Waals surface area contributed by atoms with E-state index in [0.29, 0.717) is 13.2 Å². The highest BCUT2D eigenvalue weighted by molar-refractivity contribution is 5.66. The van der Waals surface area contributed by atoms with Crippen molar-refractivity contribution in [1.29, 1.82) is 0 Å². The Hall–Kier alpha value is -3.10. The molecule has 0 saturated carbocycles. The minimum absolute atomic E-state index is 0. The quantitative estimate of drug-likeness (QED) is 0.0968. The van der Waals surface area contributed by atoms with Gasteiger partial charge in [0.15, 0.2) is 0 Å². The van der Waals surface area contributed by atoms with Crippen molar-refractivity contribution in [2.75, 3.05) is 66.1 Å². The van der Waals surface area contributed by atoms with E-state index in [-0.39, 0.29) is 55.8 Å². The predicted molar refractivity (Wildman–Crippen MR) is 172 cm³/mol. The van der Waals surface area contributed by atoms with E-state index >= 15 is 0 Å². The summed E-state index contributed by atoms with van der Waals surface area (Å²) in [5, 5.41) is 16.2. The second-order valence-electron chi connectivity index (χ2n) is 8.73. The Kier molecular flexibility index (Phi) is 54.7. The van der Waals surface area contributed by atoms with E-state index < -0.39 is 0 Å². The second kappa shape index (κ2) is 47.8. The molecule has 0 bridgehead atoms. The molecule has 0 aromatic heterocycles. The lowest BCUT2D eigenvalue weighted by atomic mass is 10.3. The third-order valence-corrected chi connectivity index (χ3v) is 4.47. The van der Waals surface area contributed by atoms with Crippen LogP contribution in [0.5, 0.6) is 0 Å². The van der Waals surface area contributed by atoms with Gasteiger partial charge in [0.25, 0.3) is 0 Å². The highest BCUT2D eigenvalue weighted by Crippen LogP contribution is 1.99. The fraction of sp³-hybridized carbons (Fsp3) is 0.688. The maximum Gasteiger partial charge on any atom is 0.302 e. The fourth-order valence-electron chi connectivity index (χ4n) is 2.35. The van der Waals surface area contributed by atoms with Gasteiger partial charge in [0.2, 0.25) is 0 Å². The van der Waals surface area contributed by atoms with Crippen molar-refractivity contribution in [3.8, 4) is 0 Å². The normalized spacial score (nSPS) is 12.0. The third-order valence-electron chi connectivity index (χ3n) is 4.47. The summed E-state index contributed by atoms with van der Waals surface area (Å²) < 4.78 is 28.4. The Balaban J connectivity index is -0.000000149. The number of hydrogen-bond donors (Lipinski definition) is 2. The molecule has 0 unspecified atom stereocenters. The van der Waals surface area contributed by atoms with Crippen molar-refractivity contribution in [2.24, 2.45) is 0 Å². The van der Waals surface area contributed by atoms with Crippen molar-refractivity contribution in [1.82, 2.24) is 0 Å². The van der Waals surface area contributed by atoms with Gasteiger partial charge >= 0.3 is 23.9 Å². The van der Waals surface area contributed by atoms with Gasteiger partial charge in [0.1, 0.15) is 13.2 Å². The maximum absolute atomic E-state index is 10.3. The van der Waals surface area contributed by atoms with E-state index in [4.69, 9.17) is 19.7 Å². The van der Waals surface area contributed by atoms with Crippen LogP contribution in [-0.4, -0.2) is 106 Å². The van der Waals surface area contributed by atoms with Crippen LogP contribution in [0.1, 0.15) is 79.1 Å². The lowest BCUT2D eigenvalue weighted by Gasteiger charge is -2.01. The Morgan fingerprint density at radius 2 is 0.867 bits per heavy atom. The van der Waals surface area contributed by atoms with Crippen LogP contribution in [-0.2, 0) is 47.6 Å². The van der Waals surface area contributed by atoms with E-state index in [9.17, 15) is 19.2 Å². The Morgan fingerprint density at radius 1 is 0.578 bits per heavy atom. The summed E-state index contributed by atoms with van der Waals surface area (Å²) in [6, 6.07) is 0. The van der Waals surface area contributed by atoms with Crippen molar-refractivity contribution < 1.29 is 63.3 Å². The molecule has 266 valence electrons. The molecule has 4 N–H and O–H groups in total. The topological polar surface area (TPSA) is 196 Å². The number of aliphatic hydroxyl groups excluding tert-OH is 2. The van der Waals surface area contributed by atoms with Gasteiger partial charge in [-0.05, 0) is 63.5 Å². The summed E-state index contributed by atoms with van der Waals surface area (Å²) in [4.78, 5) is 41.0. The summed E-state index contributed by atoms with van der Waals surface area (Å²) in [5.41, 5.74) is 0. The van der Waals surface area contributed by atoms with Gasteiger partial charge in [-0.3, -0.25) is 19.2 Å². The van der Waals surface area contributed by atoms with Crippen LogP contribution < -0.4 is 0 Å². The van der Waals surface area contributed by atoms with Crippen molar-refractivity contribution in [3.05, 3.63) is 37.5 Å². The number of carbonyl (C=O) groups excluding carboxylic acids is 4. The molecule has 0 radical (unpaired) electrons. The minimum atomic E-state index is -0.327. The Bertz CT molecular complexity index is 628. The average Bonchev–Trinajstić information content (AvgIpc) is 3.76. The molecular weight excluding hydrogens is 592 g/mol. The number of esters is 4. The molecule has 2 heterocycles. The minimum Gasteiger partial charge on any atom is -0.466 e. The number of ether oxygens (including phenoxy) is 6. The summed E-state index contributed by atoms with van der Waals surface area (Å²) >= 11 is 0. The molecule has 45 heavy (non-hydrogen) atoms.